The lowest BCUT2D eigenvalue weighted by molar-refractivity contribution is 0.0973. The van der Waals surface area contributed by atoms with Crippen LogP contribution in [0.1, 0.15) is 48.9 Å². The molecule has 0 unspecified atom stereocenters. The standard InChI is InChI=1S/C18H23ClN2O2/c1-18(2,3)17-11-14(21(4)20-17)15(22)8-6-12-7-9-16(23-5)13(19)10-12/h7,9-11H,6,8H2,1-5H3. The van der Waals surface area contributed by atoms with Crippen LogP contribution in [0.3, 0.4) is 0 Å². The summed E-state index contributed by atoms with van der Waals surface area (Å²) < 4.78 is 6.81. The molecular formula is C18H23ClN2O2. The summed E-state index contributed by atoms with van der Waals surface area (Å²) in [6.07, 6.45) is 1.06. The molecule has 0 atom stereocenters. The highest BCUT2D eigenvalue weighted by Crippen LogP contribution is 2.26. The first-order valence-electron chi connectivity index (χ1n) is 7.62. The molecule has 0 saturated carbocycles. The molecule has 5 heteroatoms. The van der Waals surface area contributed by atoms with Gasteiger partial charge in [0, 0.05) is 18.9 Å². The van der Waals surface area contributed by atoms with Crippen LogP contribution < -0.4 is 4.74 Å². The van der Waals surface area contributed by atoms with E-state index in [1.807, 2.05) is 31.3 Å². The van der Waals surface area contributed by atoms with Crippen molar-refractivity contribution in [3.8, 4) is 5.75 Å². The number of benzene rings is 1. The van der Waals surface area contributed by atoms with Crippen molar-refractivity contribution in [2.24, 2.45) is 7.05 Å². The molecule has 4 nitrogen and oxygen atoms in total. The molecule has 0 aliphatic heterocycles. The van der Waals surface area contributed by atoms with E-state index in [1.165, 1.54) is 0 Å². The normalized spacial score (nSPS) is 11.6. The Bertz CT molecular complexity index is 714. The molecule has 0 aliphatic rings. The van der Waals surface area contributed by atoms with Gasteiger partial charge in [-0.1, -0.05) is 38.4 Å². The highest BCUT2D eigenvalue weighted by molar-refractivity contribution is 6.32. The number of aromatic nitrogens is 2. The minimum absolute atomic E-state index is 0.0696. The maximum absolute atomic E-state index is 12.5. The van der Waals surface area contributed by atoms with Gasteiger partial charge in [-0.3, -0.25) is 9.48 Å². The average Bonchev–Trinajstić information content (AvgIpc) is 2.87. The molecular weight excluding hydrogens is 312 g/mol. The van der Waals surface area contributed by atoms with Crippen LogP contribution in [0.4, 0.5) is 0 Å². The summed E-state index contributed by atoms with van der Waals surface area (Å²) in [5, 5.41) is 5.02. The van der Waals surface area contributed by atoms with Crippen LogP contribution in [0.25, 0.3) is 0 Å². The van der Waals surface area contributed by atoms with Crippen molar-refractivity contribution in [2.45, 2.75) is 39.0 Å². The number of ether oxygens (including phenoxy) is 1. The second kappa shape index (κ2) is 6.75. The summed E-state index contributed by atoms with van der Waals surface area (Å²) in [5.74, 6) is 0.727. The third kappa shape index (κ3) is 4.14. The molecule has 0 bridgehead atoms. The van der Waals surface area contributed by atoms with E-state index >= 15 is 0 Å². The molecule has 0 N–H and O–H groups in total. The van der Waals surface area contributed by atoms with Crippen molar-refractivity contribution in [1.82, 2.24) is 9.78 Å². The number of carbonyl (C=O) groups is 1. The minimum atomic E-state index is -0.0696. The monoisotopic (exact) mass is 334 g/mol. The van der Waals surface area contributed by atoms with E-state index in [-0.39, 0.29) is 11.2 Å². The summed E-state index contributed by atoms with van der Waals surface area (Å²) in [7, 11) is 3.40. The first-order valence-corrected chi connectivity index (χ1v) is 8.00. The van der Waals surface area contributed by atoms with Gasteiger partial charge >= 0.3 is 0 Å². The van der Waals surface area contributed by atoms with Gasteiger partial charge in [-0.25, -0.2) is 0 Å². The molecule has 1 aromatic heterocycles. The number of halogens is 1. The van der Waals surface area contributed by atoms with Crippen molar-refractivity contribution in [3.05, 3.63) is 46.2 Å². The molecule has 0 saturated heterocycles. The van der Waals surface area contributed by atoms with Crippen molar-refractivity contribution in [1.29, 1.82) is 0 Å². The highest BCUT2D eigenvalue weighted by atomic mass is 35.5. The first-order chi connectivity index (χ1) is 10.7. The average molecular weight is 335 g/mol. The number of nitrogens with zero attached hydrogens (tertiary/aromatic N) is 2. The Hall–Kier alpha value is -1.81. The molecule has 124 valence electrons. The summed E-state index contributed by atoms with van der Waals surface area (Å²) in [5.41, 5.74) is 2.52. The third-order valence-corrected chi connectivity index (χ3v) is 4.09. The number of carbonyl (C=O) groups excluding carboxylic acids is 1. The predicted molar refractivity (Wildman–Crippen MR) is 92.6 cm³/mol. The quantitative estimate of drug-likeness (QED) is 0.770. The number of methoxy groups -OCH3 is 1. The minimum Gasteiger partial charge on any atom is -0.495 e. The van der Waals surface area contributed by atoms with Crippen LogP contribution in [-0.2, 0) is 18.9 Å². The lowest BCUT2D eigenvalue weighted by Crippen LogP contribution is -2.12. The van der Waals surface area contributed by atoms with Gasteiger partial charge in [-0.15, -0.1) is 0 Å². The van der Waals surface area contributed by atoms with Crippen molar-refractivity contribution < 1.29 is 9.53 Å². The topological polar surface area (TPSA) is 44.1 Å². The van der Waals surface area contributed by atoms with Crippen LogP contribution >= 0.6 is 11.6 Å². The second-order valence-corrected chi connectivity index (χ2v) is 7.09. The van der Waals surface area contributed by atoms with Gasteiger partial charge in [0.05, 0.1) is 17.8 Å². The maximum Gasteiger partial charge on any atom is 0.181 e. The summed E-state index contributed by atoms with van der Waals surface area (Å²) >= 11 is 6.12. The Kier molecular flexibility index (Phi) is 5.15. The van der Waals surface area contributed by atoms with E-state index in [9.17, 15) is 4.79 Å². The van der Waals surface area contributed by atoms with E-state index < -0.39 is 0 Å². The van der Waals surface area contributed by atoms with Gasteiger partial charge in [0.25, 0.3) is 0 Å². The van der Waals surface area contributed by atoms with Gasteiger partial charge in [0.2, 0.25) is 0 Å². The second-order valence-electron chi connectivity index (χ2n) is 6.68. The fourth-order valence-electron chi connectivity index (χ4n) is 2.35. The molecule has 0 radical (unpaired) electrons. The Labute approximate surface area is 142 Å². The number of hydrogen-bond donors (Lipinski definition) is 0. The zero-order valence-electron chi connectivity index (χ0n) is 14.3. The largest absolute Gasteiger partial charge is 0.495 e. The van der Waals surface area contributed by atoms with Gasteiger partial charge in [0.1, 0.15) is 11.4 Å². The van der Waals surface area contributed by atoms with E-state index in [0.29, 0.717) is 29.3 Å². The van der Waals surface area contributed by atoms with Gasteiger partial charge in [-0.05, 0) is 30.2 Å². The van der Waals surface area contributed by atoms with Gasteiger partial charge in [0.15, 0.2) is 5.78 Å². The number of aryl methyl sites for hydroxylation is 2. The molecule has 0 amide bonds. The maximum atomic E-state index is 12.5. The summed E-state index contributed by atoms with van der Waals surface area (Å²) in [6, 6.07) is 7.49. The number of ketones is 1. The van der Waals surface area contributed by atoms with E-state index in [1.54, 1.807) is 11.8 Å². The molecule has 2 rings (SSSR count). The van der Waals surface area contributed by atoms with Crippen LogP contribution in [0.15, 0.2) is 24.3 Å². The molecule has 1 aromatic carbocycles. The predicted octanol–water partition coefficient (Wildman–Crippen LogP) is 4.20. The van der Waals surface area contributed by atoms with Gasteiger partial charge < -0.3 is 4.74 Å². The third-order valence-electron chi connectivity index (χ3n) is 3.79. The lowest BCUT2D eigenvalue weighted by atomic mass is 9.92. The Balaban J connectivity index is 2.08. The highest BCUT2D eigenvalue weighted by Gasteiger charge is 2.21. The van der Waals surface area contributed by atoms with Crippen molar-refractivity contribution in [2.75, 3.05) is 7.11 Å². The van der Waals surface area contributed by atoms with Gasteiger partial charge in [-0.2, -0.15) is 5.10 Å². The Morgan fingerprint density at radius 3 is 2.52 bits per heavy atom. The van der Waals surface area contributed by atoms with Crippen LogP contribution in [-0.4, -0.2) is 22.7 Å². The summed E-state index contributed by atoms with van der Waals surface area (Å²) in [6.45, 7) is 6.26. The van der Waals surface area contributed by atoms with E-state index in [2.05, 4.69) is 25.9 Å². The van der Waals surface area contributed by atoms with Crippen LogP contribution in [0.5, 0.6) is 5.75 Å². The SMILES string of the molecule is COc1ccc(CCC(=O)c2cc(C(C)(C)C)nn2C)cc1Cl. The Morgan fingerprint density at radius 2 is 2.00 bits per heavy atom. The molecule has 1 heterocycles. The van der Waals surface area contributed by atoms with Crippen molar-refractivity contribution in [3.63, 3.8) is 0 Å². The zero-order valence-corrected chi connectivity index (χ0v) is 15.1. The van der Waals surface area contributed by atoms with Crippen molar-refractivity contribution >= 4 is 17.4 Å². The van der Waals surface area contributed by atoms with E-state index in [0.717, 1.165) is 11.3 Å². The van der Waals surface area contributed by atoms with Crippen LogP contribution in [0, 0.1) is 0 Å². The number of Topliss-reactive ketones (excluding diaryl/α,β-unsaturated/α-hetero) is 1. The lowest BCUT2D eigenvalue weighted by Gasteiger charge is -2.13. The number of hydrogen-bond acceptors (Lipinski definition) is 3. The molecule has 0 aliphatic carbocycles. The number of rotatable bonds is 5. The molecule has 23 heavy (non-hydrogen) atoms. The van der Waals surface area contributed by atoms with E-state index in [4.69, 9.17) is 16.3 Å². The molecule has 0 spiro atoms. The molecule has 0 fully saturated rings. The fourth-order valence-corrected chi connectivity index (χ4v) is 2.63. The summed E-state index contributed by atoms with van der Waals surface area (Å²) in [4.78, 5) is 12.5. The zero-order chi connectivity index (χ0) is 17.2. The first kappa shape index (κ1) is 17.5. The fraction of sp³-hybridized carbons (Fsp3) is 0.444. The Morgan fingerprint density at radius 1 is 1.30 bits per heavy atom. The molecule has 2 aromatic rings. The smallest absolute Gasteiger partial charge is 0.181 e. The van der Waals surface area contributed by atoms with Crippen LogP contribution in [0.2, 0.25) is 5.02 Å².